The molecule has 0 aliphatic heterocycles. The summed E-state index contributed by atoms with van der Waals surface area (Å²) >= 11 is 25.7. The Balaban J connectivity index is 0. The Morgan fingerprint density at radius 2 is 0.727 bits per heavy atom. The van der Waals surface area contributed by atoms with Gasteiger partial charge < -0.3 is 56.9 Å². The highest BCUT2D eigenvalue weighted by Gasteiger charge is 2.26. The van der Waals surface area contributed by atoms with E-state index in [0.29, 0.717) is 42.1 Å². The highest BCUT2D eigenvalue weighted by atomic mass is 127. The molecule has 8 heteroatoms. The summed E-state index contributed by atoms with van der Waals surface area (Å²) in [6.45, 7) is 1.34. The first-order valence-corrected chi connectivity index (χ1v) is 7.79. The smallest absolute Gasteiger partial charge is 0.107 e. The van der Waals surface area contributed by atoms with Gasteiger partial charge >= 0.3 is 0 Å². The third-order valence-electron chi connectivity index (χ3n) is 2.71. The molecule has 0 aliphatic carbocycles. The fraction of sp³-hybridized carbons (Fsp3) is 0.571. The average Bonchev–Trinajstić information content (AvgIpc) is 2.25. The van der Waals surface area contributed by atoms with Crippen molar-refractivity contribution in [2.45, 2.75) is 13.1 Å². The zero-order chi connectivity index (χ0) is 15.9. The Labute approximate surface area is 188 Å². The first-order chi connectivity index (χ1) is 8.83. The van der Waals surface area contributed by atoms with Crippen LogP contribution in [0.5, 0.6) is 0 Å². The molecule has 0 atom stereocenters. The lowest BCUT2D eigenvalue weighted by Crippen LogP contribution is -3.00. The minimum atomic E-state index is 0. The van der Waals surface area contributed by atoms with Crippen molar-refractivity contribution in [2.75, 3.05) is 42.3 Å². The summed E-state index contributed by atoms with van der Waals surface area (Å²) in [5.41, 5.74) is 1.61. The average molecular weight is 614 g/mol. The second-order valence-electron chi connectivity index (χ2n) is 7.11. The van der Waals surface area contributed by atoms with E-state index in [4.69, 9.17) is 46.4 Å². The molecular formula is C14H22Cl4I2N2. The maximum atomic E-state index is 6.42. The van der Waals surface area contributed by atoms with Gasteiger partial charge in [0.15, 0.2) is 0 Å². The maximum absolute atomic E-state index is 6.42. The van der Waals surface area contributed by atoms with Gasteiger partial charge in [-0.25, -0.2) is 0 Å². The number of nitrogens with zero attached hydrogens (tertiary/aromatic N) is 2. The van der Waals surface area contributed by atoms with E-state index in [-0.39, 0.29) is 48.0 Å². The summed E-state index contributed by atoms with van der Waals surface area (Å²) in [6.07, 6.45) is 0. The van der Waals surface area contributed by atoms with Gasteiger partial charge in [0, 0.05) is 11.1 Å². The predicted molar refractivity (Wildman–Crippen MR) is 90.0 cm³/mol. The first kappa shape index (κ1) is 26.0. The van der Waals surface area contributed by atoms with Crippen LogP contribution in [0.2, 0.25) is 20.1 Å². The summed E-state index contributed by atoms with van der Waals surface area (Å²) in [6, 6.07) is 0. The molecule has 0 radical (unpaired) electrons. The van der Waals surface area contributed by atoms with Gasteiger partial charge in [0.25, 0.3) is 0 Å². The fourth-order valence-corrected chi connectivity index (χ4v) is 3.12. The van der Waals surface area contributed by atoms with Crippen molar-refractivity contribution >= 4 is 46.4 Å². The van der Waals surface area contributed by atoms with Gasteiger partial charge in [-0.2, -0.15) is 0 Å². The molecular weight excluding hydrogens is 592 g/mol. The maximum Gasteiger partial charge on any atom is 0.107 e. The minimum absolute atomic E-state index is 0. The van der Waals surface area contributed by atoms with Crippen molar-refractivity contribution in [3.8, 4) is 0 Å². The van der Waals surface area contributed by atoms with Gasteiger partial charge in [-0.1, -0.05) is 46.4 Å². The summed E-state index contributed by atoms with van der Waals surface area (Å²) in [4.78, 5) is 0. The monoisotopic (exact) mass is 612 g/mol. The molecule has 0 spiro atoms. The third kappa shape index (κ3) is 7.33. The molecule has 0 aliphatic rings. The minimum Gasteiger partial charge on any atom is -1.00 e. The van der Waals surface area contributed by atoms with Crippen LogP contribution in [0.4, 0.5) is 0 Å². The second-order valence-corrected chi connectivity index (χ2v) is 8.62. The van der Waals surface area contributed by atoms with Crippen LogP contribution in [0, 0.1) is 0 Å². The highest BCUT2D eigenvalue weighted by Crippen LogP contribution is 2.42. The van der Waals surface area contributed by atoms with E-state index >= 15 is 0 Å². The van der Waals surface area contributed by atoms with Gasteiger partial charge in [-0.05, 0) is 0 Å². The molecule has 130 valence electrons. The van der Waals surface area contributed by atoms with Crippen LogP contribution in [-0.4, -0.2) is 51.3 Å². The van der Waals surface area contributed by atoms with Gasteiger partial charge in [-0.15, -0.1) is 0 Å². The van der Waals surface area contributed by atoms with E-state index in [2.05, 4.69) is 42.3 Å². The third-order valence-corrected chi connectivity index (χ3v) is 4.57. The molecule has 0 amide bonds. The van der Waals surface area contributed by atoms with Crippen LogP contribution in [0.1, 0.15) is 11.1 Å². The number of rotatable bonds is 4. The SMILES string of the molecule is C[N+](C)(C)Cc1c(Cl)c(Cl)c(C[N+](C)(C)C)c(Cl)c1Cl.[I-].[I-]. The molecule has 0 heterocycles. The zero-order valence-corrected chi connectivity index (χ0v) is 20.9. The number of hydrogen-bond donors (Lipinski definition) is 0. The van der Waals surface area contributed by atoms with Gasteiger partial charge in [0.05, 0.1) is 62.4 Å². The molecule has 0 unspecified atom stereocenters. The largest absolute Gasteiger partial charge is 1.00 e. The van der Waals surface area contributed by atoms with Crippen molar-refractivity contribution in [3.05, 3.63) is 31.2 Å². The Bertz CT molecular complexity index is 447. The van der Waals surface area contributed by atoms with Gasteiger partial charge in [0.2, 0.25) is 0 Å². The number of quaternary nitrogens is 2. The van der Waals surface area contributed by atoms with Crippen LogP contribution in [0.25, 0.3) is 0 Å². The summed E-state index contributed by atoms with van der Waals surface area (Å²) in [7, 11) is 12.4. The zero-order valence-electron chi connectivity index (χ0n) is 13.6. The lowest BCUT2D eigenvalue weighted by Gasteiger charge is -2.28. The molecule has 1 rings (SSSR count). The van der Waals surface area contributed by atoms with Gasteiger partial charge in [0.1, 0.15) is 13.1 Å². The van der Waals surface area contributed by atoms with Crippen molar-refractivity contribution in [3.63, 3.8) is 0 Å². The molecule has 2 nitrogen and oxygen atoms in total. The number of halogens is 6. The molecule has 1 aromatic rings. The van der Waals surface area contributed by atoms with Crippen molar-refractivity contribution < 1.29 is 56.9 Å². The van der Waals surface area contributed by atoms with Crippen LogP contribution in [-0.2, 0) is 13.1 Å². The predicted octanol–water partition coefficient (Wildman–Crippen LogP) is -1.28. The summed E-state index contributed by atoms with van der Waals surface area (Å²) in [5, 5.41) is 2.05. The van der Waals surface area contributed by atoms with Gasteiger partial charge in [-0.3, -0.25) is 0 Å². The van der Waals surface area contributed by atoms with Crippen LogP contribution in [0.15, 0.2) is 0 Å². The van der Waals surface area contributed by atoms with E-state index in [1.54, 1.807) is 0 Å². The van der Waals surface area contributed by atoms with E-state index in [1.165, 1.54) is 0 Å². The normalized spacial score (nSPS) is 11.7. The topological polar surface area (TPSA) is 0 Å². The van der Waals surface area contributed by atoms with E-state index < -0.39 is 0 Å². The molecule has 0 aromatic heterocycles. The lowest BCUT2D eigenvalue weighted by molar-refractivity contribution is -0.884. The van der Waals surface area contributed by atoms with E-state index in [0.717, 1.165) is 11.1 Å². The summed E-state index contributed by atoms with van der Waals surface area (Å²) < 4.78 is 1.39. The molecule has 0 N–H and O–H groups in total. The first-order valence-electron chi connectivity index (χ1n) is 6.28. The molecule has 0 saturated heterocycles. The van der Waals surface area contributed by atoms with Crippen molar-refractivity contribution in [2.24, 2.45) is 0 Å². The Hall–Kier alpha value is 1.76. The number of hydrogen-bond acceptors (Lipinski definition) is 0. The number of benzene rings is 1. The molecule has 0 bridgehead atoms. The van der Waals surface area contributed by atoms with Crippen LogP contribution in [0.3, 0.4) is 0 Å². The molecule has 0 fully saturated rings. The van der Waals surface area contributed by atoms with Crippen LogP contribution < -0.4 is 48.0 Å². The van der Waals surface area contributed by atoms with Crippen LogP contribution >= 0.6 is 46.4 Å². The molecule has 22 heavy (non-hydrogen) atoms. The quantitative estimate of drug-likeness (QED) is 0.226. The second kappa shape index (κ2) is 9.46. The van der Waals surface area contributed by atoms with E-state index in [1.807, 2.05) is 0 Å². The highest BCUT2D eigenvalue weighted by molar-refractivity contribution is 6.48. The fourth-order valence-electron chi connectivity index (χ4n) is 1.95. The van der Waals surface area contributed by atoms with Crippen molar-refractivity contribution in [1.29, 1.82) is 0 Å². The van der Waals surface area contributed by atoms with E-state index in [9.17, 15) is 0 Å². The summed E-state index contributed by atoms with van der Waals surface area (Å²) in [5.74, 6) is 0. The Morgan fingerprint density at radius 1 is 0.545 bits per heavy atom. The standard InChI is InChI=1S/C14H22Cl4N2.2HI/c1-19(2,3)7-9-11(15)13(17)10(8-20(4,5)6)14(18)12(9)16;;/h7-8H2,1-6H3;2*1H/q+2;;/p-2. The molecule has 0 saturated carbocycles. The molecule has 1 aromatic carbocycles. The van der Waals surface area contributed by atoms with Crippen molar-refractivity contribution in [1.82, 2.24) is 0 Å². The Kier molecular flexibility index (Phi) is 11.2. The Morgan fingerprint density at radius 3 is 0.864 bits per heavy atom. The lowest BCUT2D eigenvalue weighted by atomic mass is 10.1.